The molecule has 9 nitrogen and oxygen atoms in total. The lowest BCUT2D eigenvalue weighted by molar-refractivity contribution is 0.102. The smallest absolute Gasteiger partial charge is 0.257 e. The van der Waals surface area contributed by atoms with Crippen LogP contribution in [0.2, 0.25) is 0 Å². The Morgan fingerprint density at radius 1 is 1.00 bits per heavy atom. The van der Waals surface area contributed by atoms with Gasteiger partial charge in [-0.2, -0.15) is 0 Å². The number of nitrogens with one attached hydrogen (secondary N) is 3. The summed E-state index contributed by atoms with van der Waals surface area (Å²) in [4.78, 5) is 12.7. The van der Waals surface area contributed by atoms with E-state index in [9.17, 15) is 21.6 Å². The molecule has 1 amide bonds. The van der Waals surface area contributed by atoms with E-state index in [-0.39, 0.29) is 33.6 Å². The van der Waals surface area contributed by atoms with Crippen LogP contribution in [0.25, 0.3) is 0 Å². The van der Waals surface area contributed by atoms with Crippen LogP contribution < -0.4 is 19.5 Å². The fourth-order valence-corrected chi connectivity index (χ4v) is 4.34. The summed E-state index contributed by atoms with van der Waals surface area (Å²) in [5.41, 5.74) is 0.281. The summed E-state index contributed by atoms with van der Waals surface area (Å²) in [5.74, 6) is -0.392. The summed E-state index contributed by atoms with van der Waals surface area (Å²) in [7, 11) is -6.01. The highest BCUT2D eigenvalue weighted by molar-refractivity contribution is 7.92. The van der Waals surface area contributed by atoms with E-state index in [1.54, 1.807) is 26.0 Å². The highest BCUT2D eigenvalue weighted by atomic mass is 32.2. The molecule has 2 rings (SSSR count). The second kappa shape index (κ2) is 8.80. The minimum Gasteiger partial charge on any atom is -0.495 e. The minimum absolute atomic E-state index is 0.0511. The molecular formula is C18H23N3O6S2. The molecule has 158 valence electrons. The highest BCUT2D eigenvalue weighted by Gasteiger charge is 2.20. The van der Waals surface area contributed by atoms with Crippen LogP contribution in [-0.2, 0) is 20.0 Å². The van der Waals surface area contributed by atoms with Gasteiger partial charge in [-0.3, -0.25) is 9.52 Å². The summed E-state index contributed by atoms with van der Waals surface area (Å²) in [6.07, 6.45) is 0.973. The van der Waals surface area contributed by atoms with E-state index in [4.69, 9.17) is 4.74 Å². The molecule has 29 heavy (non-hydrogen) atoms. The second-order valence-corrected chi connectivity index (χ2v) is 9.97. The molecule has 3 N–H and O–H groups in total. The van der Waals surface area contributed by atoms with E-state index in [2.05, 4.69) is 14.8 Å². The number of amides is 1. The Hall–Kier alpha value is -2.63. The van der Waals surface area contributed by atoms with E-state index >= 15 is 0 Å². The topological polar surface area (TPSA) is 131 Å². The molecule has 0 aliphatic heterocycles. The van der Waals surface area contributed by atoms with Gasteiger partial charge in [0.2, 0.25) is 20.0 Å². The van der Waals surface area contributed by atoms with Crippen molar-refractivity contribution in [1.82, 2.24) is 4.72 Å². The Balaban J connectivity index is 2.42. The maximum Gasteiger partial charge on any atom is 0.257 e. The third kappa shape index (κ3) is 6.17. The van der Waals surface area contributed by atoms with Crippen LogP contribution in [0.5, 0.6) is 5.75 Å². The number of carbonyl (C=O) groups excluding carboxylic acids is 1. The Bertz CT molecular complexity index is 1110. The number of hydrogen-bond acceptors (Lipinski definition) is 6. The second-order valence-electron chi connectivity index (χ2n) is 6.51. The maximum atomic E-state index is 12.8. The molecule has 0 heterocycles. The predicted molar refractivity (Wildman–Crippen MR) is 111 cm³/mol. The summed E-state index contributed by atoms with van der Waals surface area (Å²) < 4.78 is 57.9. The van der Waals surface area contributed by atoms with Crippen LogP contribution in [0.1, 0.15) is 24.2 Å². The van der Waals surface area contributed by atoms with Crippen molar-refractivity contribution in [2.75, 3.05) is 23.4 Å². The predicted octanol–water partition coefficient (Wildman–Crippen LogP) is 2.01. The summed E-state index contributed by atoms with van der Waals surface area (Å²) in [6.45, 7) is 3.38. The Labute approximate surface area is 170 Å². The monoisotopic (exact) mass is 441 g/mol. The largest absolute Gasteiger partial charge is 0.495 e. The van der Waals surface area contributed by atoms with Gasteiger partial charge >= 0.3 is 0 Å². The number of para-hydroxylation sites is 1. The molecule has 11 heteroatoms. The first-order valence-corrected chi connectivity index (χ1v) is 11.9. The van der Waals surface area contributed by atoms with Gasteiger partial charge in [-0.25, -0.2) is 21.6 Å². The first kappa shape index (κ1) is 22.7. The van der Waals surface area contributed by atoms with Crippen LogP contribution in [0, 0.1) is 0 Å². The number of methoxy groups -OCH3 is 1. The standard InChI is InChI=1S/C18H23N3O6S2/c1-12(2)20-29(25,26)13-9-10-17(27-3)16(11-13)19-18(22)14-7-5-6-8-15(14)21-28(4,23)24/h5-12,20-21H,1-4H3,(H,19,22). The molecule has 0 spiro atoms. The Kier molecular flexibility index (Phi) is 6.88. The van der Waals surface area contributed by atoms with Gasteiger partial charge in [0.05, 0.1) is 35.2 Å². The van der Waals surface area contributed by atoms with Crippen LogP contribution >= 0.6 is 0 Å². The molecule has 0 bridgehead atoms. The fourth-order valence-electron chi connectivity index (χ4n) is 2.49. The lowest BCUT2D eigenvalue weighted by Gasteiger charge is -2.15. The maximum absolute atomic E-state index is 12.8. The molecule has 0 aromatic heterocycles. The van der Waals surface area contributed by atoms with Crippen LogP contribution in [0.4, 0.5) is 11.4 Å². The average Bonchev–Trinajstić information content (AvgIpc) is 2.59. The van der Waals surface area contributed by atoms with Gasteiger partial charge in [-0.15, -0.1) is 0 Å². The van der Waals surface area contributed by atoms with Gasteiger partial charge in [0.25, 0.3) is 5.91 Å². The average molecular weight is 442 g/mol. The van der Waals surface area contributed by atoms with E-state index in [0.29, 0.717) is 0 Å². The molecule has 0 unspecified atom stereocenters. The molecule has 0 fully saturated rings. The normalized spacial score (nSPS) is 11.9. The zero-order valence-electron chi connectivity index (χ0n) is 16.4. The van der Waals surface area contributed by atoms with Crippen molar-refractivity contribution in [3.8, 4) is 5.75 Å². The molecule has 0 aliphatic carbocycles. The SMILES string of the molecule is COc1ccc(S(=O)(=O)NC(C)C)cc1NC(=O)c1ccccc1NS(C)(=O)=O. The minimum atomic E-state index is -3.79. The van der Waals surface area contributed by atoms with Crippen molar-refractivity contribution >= 4 is 37.3 Å². The van der Waals surface area contributed by atoms with Gasteiger partial charge in [-0.1, -0.05) is 12.1 Å². The lowest BCUT2D eigenvalue weighted by Crippen LogP contribution is -2.30. The van der Waals surface area contributed by atoms with Crippen molar-refractivity contribution in [2.24, 2.45) is 0 Å². The van der Waals surface area contributed by atoms with Crippen LogP contribution in [0.15, 0.2) is 47.4 Å². The van der Waals surface area contributed by atoms with Gasteiger partial charge in [-0.05, 0) is 44.2 Å². The first-order valence-electron chi connectivity index (χ1n) is 8.51. The number of ether oxygens (including phenoxy) is 1. The molecule has 0 saturated carbocycles. The molecular weight excluding hydrogens is 418 g/mol. The number of anilines is 2. The van der Waals surface area contributed by atoms with Crippen molar-refractivity contribution in [3.05, 3.63) is 48.0 Å². The van der Waals surface area contributed by atoms with Crippen LogP contribution in [-0.4, -0.2) is 42.2 Å². The van der Waals surface area contributed by atoms with Gasteiger partial charge < -0.3 is 10.1 Å². The van der Waals surface area contributed by atoms with Gasteiger partial charge in [0, 0.05) is 6.04 Å². The summed E-state index contributed by atoms with van der Waals surface area (Å²) in [5, 5.41) is 2.58. The van der Waals surface area contributed by atoms with E-state index < -0.39 is 26.0 Å². The van der Waals surface area contributed by atoms with Crippen LogP contribution in [0.3, 0.4) is 0 Å². The number of rotatable bonds is 8. The summed E-state index contributed by atoms with van der Waals surface area (Å²) in [6, 6.07) is 9.78. The molecule has 2 aromatic carbocycles. The molecule has 0 atom stereocenters. The van der Waals surface area contributed by atoms with Crippen molar-refractivity contribution in [3.63, 3.8) is 0 Å². The van der Waals surface area contributed by atoms with Gasteiger partial charge in [0.1, 0.15) is 5.75 Å². The third-order valence-electron chi connectivity index (χ3n) is 3.59. The van der Waals surface area contributed by atoms with E-state index in [1.807, 2.05) is 0 Å². The third-order valence-corrected chi connectivity index (χ3v) is 5.83. The van der Waals surface area contributed by atoms with E-state index in [0.717, 1.165) is 6.26 Å². The van der Waals surface area contributed by atoms with Crippen molar-refractivity contribution < 1.29 is 26.4 Å². The zero-order chi connectivity index (χ0) is 21.8. The molecule has 0 saturated heterocycles. The number of sulfonamides is 2. The quantitative estimate of drug-likeness (QED) is 0.574. The Morgan fingerprint density at radius 3 is 2.24 bits per heavy atom. The van der Waals surface area contributed by atoms with Crippen molar-refractivity contribution in [2.45, 2.75) is 24.8 Å². The zero-order valence-corrected chi connectivity index (χ0v) is 18.0. The van der Waals surface area contributed by atoms with Gasteiger partial charge in [0.15, 0.2) is 0 Å². The molecule has 2 aromatic rings. The van der Waals surface area contributed by atoms with Crippen molar-refractivity contribution in [1.29, 1.82) is 0 Å². The first-order chi connectivity index (χ1) is 13.4. The highest BCUT2D eigenvalue weighted by Crippen LogP contribution is 2.29. The lowest BCUT2D eigenvalue weighted by atomic mass is 10.1. The number of carbonyl (C=O) groups is 1. The molecule has 0 aliphatic rings. The number of benzene rings is 2. The fraction of sp³-hybridized carbons (Fsp3) is 0.278. The molecule has 0 radical (unpaired) electrons. The Morgan fingerprint density at radius 2 is 1.66 bits per heavy atom. The van der Waals surface area contributed by atoms with E-state index in [1.165, 1.54) is 37.4 Å². The number of hydrogen-bond donors (Lipinski definition) is 3. The summed E-state index contributed by atoms with van der Waals surface area (Å²) >= 11 is 0.